The average molecular weight is 491 g/mol. The number of Topliss-reactive ketones (excluding diaryl/α,β-unsaturated/α-hetero) is 1. The Hall–Kier alpha value is -3.49. The van der Waals surface area contributed by atoms with Crippen LogP contribution < -0.4 is 9.64 Å². The third-order valence-corrected chi connectivity index (χ3v) is 5.65. The molecule has 0 spiro atoms. The first-order valence-corrected chi connectivity index (χ1v) is 10.2. The van der Waals surface area contributed by atoms with Gasteiger partial charge in [-0.25, -0.2) is 8.78 Å². The van der Waals surface area contributed by atoms with Crippen LogP contribution in [-0.2, 0) is 9.59 Å². The van der Waals surface area contributed by atoms with Crippen molar-refractivity contribution in [3.05, 3.63) is 93.2 Å². The van der Waals surface area contributed by atoms with Crippen LogP contribution >= 0.6 is 23.2 Å². The zero-order chi connectivity index (χ0) is 23.9. The highest BCUT2D eigenvalue weighted by molar-refractivity contribution is 6.51. The summed E-state index contributed by atoms with van der Waals surface area (Å²) in [5.74, 6) is -4.52. The normalized spacial score (nSPS) is 17.5. The number of hydrogen-bond acceptors (Lipinski definition) is 5. The van der Waals surface area contributed by atoms with Gasteiger partial charge in [0.1, 0.15) is 17.4 Å². The minimum absolute atomic E-state index is 0.0391. The van der Waals surface area contributed by atoms with E-state index >= 15 is 0 Å². The maximum atomic E-state index is 14.6. The van der Waals surface area contributed by atoms with Crippen molar-refractivity contribution < 1.29 is 28.2 Å². The molecule has 2 heterocycles. The Labute approximate surface area is 196 Å². The Kier molecular flexibility index (Phi) is 6.05. The molecule has 168 valence electrons. The van der Waals surface area contributed by atoms with Gasteiger partial charge in [-0.05, 0) is 35.9 Å². The molecule has 1 atom stereocenters. The van der Waals surface area contributed by atoms with Crippen LogP contribution in [0.15, 0.2) is 60.4 Å². The van der Waals surface area contributed by atoms with Gasteiger partial charge in [0.25, 0.3) is 11.7 Å². The molecule has 4 rings (SSSR count). The highest BCUT2D eigenvalue weighted by Gasteiger charge is 2.48. The molecule has 1 aliphatic heterocycles. The molecule has 2 aromatic carbocycles. The average Bonchev–Trinajstić information content (AvgIpc) is 3.04. The lowest BCUT2D eigenvalue weighted by molar-refractivity contribution is -0.132. The van der Waals surface area contributed by atoms with Crippen molar-refractivity contribution in [3.8, 4) is 5.75 Å². The van der Waals surface area contributed by atoms with Crippen LogP contribution in [0.4, 0.5) is 14.5 Å². The predicted molar refractivity (Wildman–Crippen MR) is 118 cm³/mol. The molecular weight excluding hydrogens is 477 g/mol. The van der Waals surface area contributed by atoms with Crippen molar-refractivity contribution in [2.24, 2.45) is 0 Å². The second kappa shape index (κ2) is 8.80. The second-order valence-electron chi connectivity index (χ2n) is 7.02. The topological polar surface area (TPSA) is 79.7 Å². The Morgan fingerprint density at radius 3 is 2.39 bits per heavy atom. The summed E-state index contributed by atoms with van der Waals surface area (Å²) in [5, 5.41) is 11.2. The number of rotatable bonds is 4. The molecule has 1 saturated heterocycles. The van der Waals surface area contributed by atoms with Crippen molar-refractivity contribution in [2.75, 3.05) is 12.0 Å². The number of carbonyl (C=O) groups is 2. The SMILES string of the molecule is COc1c(Cl)cc(/C(O)=C2\C(=O)C(=O)N(c3ccc(F)cc3F)C2c2cccnc2)cc1Cl. The number of hydrogen-bond donors (Lipinski definition) is 1. The maximum Gasteiger partial charge on any atom is 0.300 e. The number of nitrogens with zero attached hydrogens (tertiary/aromatic N) is 2. The van der Waals surface area contributed by atoms with Crippen molar-refractivity contribution in [1.29, 1.82) is 0 Å². The summed E-state index contributed by atoms with van der Waals surface area (Å²) >= 11 is 12.3. The van der Waals surface area contributed by atoms with Gasteiger partial charge >= 0.3 is 0 Å². The van der Waals surface area contributed by atoms with Crippen LogP contribution in [0.1, 0.15) is 17.2 Å². The predicted octanol–water partition coefficient (Wildman–Crippen LogP) is 5.30. The molecule has 1 fully saturated rings. The van der Waals surface area contributed by atoms with Crippen molar-refractivity contribution >= 4 is 46.3 Å². The number of carbonyl (C=O) groups excluding carboxylic acids is 2. The lowest BCUT2D eigenvalue weighted by Gasteiger charge is -2.25. The van der Waals surface area contributed by atoms with E-state index < -0.39 is 35.1 Å². The van der Waals surface area contributed by atoms with E-state index in [1.165, 1.54) is 31.6 Å². The van der Waals surface area contributed by atoms with Crippen molar-refractivity contribution in [1.82, 2.24) is 4.98 Å². The molecular formula is C23H14Cl2F2N2O4. The van der Waals surface area contributed by atoms with Crippen molar-refractivity contribution in [3.63, 3.8) is 0 Å². The molecule has 6 nitrogen and oxygen atoms in total. The molecule has 3 aromatic rings. The van der Waals surface area contributed by atoms with Crippen LogP contribution in [0.5, 0.6) is 5.75 Å². The van der Waals surface area contributed by atoms with Gasteiger partial charge in [-0.15, -0.1) is 0 Å². The van der Waals surface area contributed by atoms with E-state index in [4.69, 9.17) is 27.9 Å². The molecule has 1 amide bonds. The fourth-order valence-corrected chi connectivity index (χ4v) is 4.30. The Balaban J connectivity index is 1.97. The molecule has 1 unspecified atom stereocenters. The van der Waals surface area contributed by atoms with Crippen LogP contribution in [-0.4, -0.2) is 28.9 Å². The number of aliphatic hydroxyl groups is 1. The van der Waals surface area contributed by atoms with E-state index in [0.717, 1.165) is 17.0 Å². The number of pyridine rings is 1. The van der Waals surface area contributed by atoms with Gasteiger partial charge in [0.2, 0.25) is 0 Å². The maximum absolute atomic E-state index is 14.6. The van der Waals surface area contributed by atoms with Crippen LogP contribution in [0.3, 0.4) is 0 Å². The summed E-state index contributed by atoms with van der Waals surface area (Å²) in [4.78, 5) is 30.9. The van der Waals surface area contributed by atoms with Gasteiger partial charge in [0, 0.05) is 24.0 Å². The number of ether oxygens (including phenoxy) is 1. The number of benzene rings is 2. The summed E-state index contributed by atoms with van der Waals surface area (Å²) in [6.07, 6.45) is 2.84. The summed E-state index contributed by atoms with van der Waals surface area (Å²) in [6.45, 7) is 0. The molecule has 1 N–H and O–H groups in total. The van der Waals surface area contributed by atoms with E-state index in [2.05, 4.69) is 4.98 Å². The molecule has 0 aliphatic carbocycles. The van der Waals surface area contributed by atoms with E-state index in [9.17, 15) is 23.5 Å². The van der Waals surface area contributed by atoms with E-state index in [1.807, 2.05) is 0 Å². The highest BCUT2D eigenvalue weighted by Crippen LogP contribution is 2.44. The van der Waals surface area contributed by atoms with Gasteiger partial charge < -0.3 is 9.84 Å². The summed E-state index contributed by atoms with van der Waals surface area (Å²) < 4.78 is 33.2. The number of aliphatic hydroxyl groups excluding tert-OH is 1. The van der Waals surface area contributed by atoms with Gasteiger partial charge in [-0.1, -0.05) is 29.3 Å². The molecule has 1 aromatic heterocycles. The first kappa shape index (κ1) is 22.7. The van der Waals surface area contributed by atoms with E-state index in [-0.39, 0.29) is 32.6 Å². The minimum atomic E-state index is -1.25. The fraction of sp³-hybridized carbons (Fsp3) is 0.0870. The third-order valence-electron chi connectivity index (χ3n) is 5.09. The Morgan fingerprint density at radius 1 is 1.12 bits per heavy atom. The standard InChI is InChI=1S/C23H14Cl2F2N2O4/c1-33-22-14(24)7-12(8-15(22)25)20(30)18-19(11-3-2-6-28-10-11)29(23(32)21(18)31)17-5-4-13(26)9-16(17)27/h2-10,19,30H,1H3/b20-18+. The number of halogens is 4. The van der Waals surface area contributed by atoms with Crippen LogP contribution in [0.25, 0.3) is 5.76 Å². The van der Waals surface area contributed by atoms with E-state index in [1.54, 1.807) is 12.1 Å². The highest BCUT2D eigenvalue weighted by atomic mass is 35.5. The van der Waals surface area contributed by atoms with Crippen molar-refractivity contribution in [2.45, 2.75) is 6.04 Å². The Morgan fingerprint density at radius 2 is 1.82 bits per heavy atom. The second-order valence-corrected chi connectivity index (χ2v) is 7.84. The fourth-order valence-electron chi connectivity index (χ4n) is 3.66. The summed E-state index contributed by atoms with van der Waals surface area (Å²) in [7, 11) is 1.36. The minimum Gasteiger partial charge on any atom is -0.507 e. The van der Waals surface area contributed by atoms with Crippen LogP contribution in [0, 0.1) is 11.6 Å². The van der Waals surface area contributed by atoms with Gasteiger partial charge in [-0.3, -0.25) is 19.5 Å². The monoisotopic (exact) mass is 490 g/mol. The van der Waals surface area contributed by atoms with Crippen LogP contribution in [0.2, 0.25) is 10.0 Å². The zero-order valence-electron chi connectivity index (χ0n) is 16.9. The lowest BCUT2D eigenvalue weighted by atomic mass is 9.96. The molecule has 0 radical (unpaired) electrons. The molecule has 0 bridgehead atoms. The summed E-state index contributed by atoms with van der Waals surface area (Å²) in [6, 6.07) is 7.08. The number of ketones is 1. The molecule has 33 heavy (non-hydrogen) atoms. The number of amides is 1. The van der Waals surface area contributed by atoms with E-state index in [0.29, 0.717) is 11.6 Å². The number of anilines is 1. The third kappa shape index (κ3) is 3.92. The lowest BCUT2D eigenvalue weighted by Crippen LogP contribution is -2.30. The van der Waals surface area contributed by atoms with Gasteiger partial charge in [0.15, 0.2) is 5.75 Å². The van der Waals surface area contributed by atoms with Gasteiger partial charge in [0.05, 0.1) is 34.5 Å². The summed E-state index contributed by atoms with van der Waals surface area (Å²) in [5.41, 5.74) is -0.323. The molecule has 10 heteroatoms. The number of aromatic nitrogens is 1. The van der Waals surface area contributed by atoms with Gasteiger partial charge in [-0.2, -0.15) is 0 Å². The smallest absolute Gasteiger partial charge is 0.300 e. The quantitative estimate of drug-likeness (QED) is 0.305. The zero-order valence-corrected chi connectivity index (χ0v) is 18.4. The first-order chi connectivity index (χ1) is 15.7. The Bertz CT molecular complexity index is 1290. The molecule has 0 saturated carbocycles. The first-order valence-electron chi connectivity index (χ1n) is 9.44. The largest absolute Gasteiger partial charge is 0.507 e. The number of methoxy groups -OCH3 is 1. The molecule has 1 aliphatic rings.